The van der Waals surface area contributed by atoms with Crippen LogP contribution in [0, 0.1) is 0 Å². The van der Waals surface area contributed by atoms with Crippen LogP contribution in [0.3, 0.4) is 0 Å². The van der Waals surface area contributed by atoms with Gasteiger partial charge in [-0.25, -0.2) is 0 Å². The minimum atomic E-state index is -0.199. The Labute approximate surface area is 252 Å². The molecule has 3 nitrogen and oxygen atoms in total. The number of aromatic amines is 1. The van der Waals surface area contributed by atoms with Gasteiger partial charge in [0.15, 0.2) is 0 Å². The average Bonchev–Trinajstić information content (AvgIpc) is 3.54. The molecule has 0 unspecified atom stereocenters. The van der Waals surface area contributed by atoms with Crippen LogP contribution >= 0.6 is 0 Å². The normalized spacial score (nSPS) is 13.2. The van der Waals surface area contributed by atoms with Gasteiger partial charge < -0.3 is 14.6 Å². The summed E-state index contributed by atoms with van der Waals surface area (Å²) in [6.45, 7) is 4.69. The summed E-state index contributed by atoms with van der Waals surface area (Å²) < 4.78 is 6.10. The number of fused-ring (bicyclic) bond motifs is 6. The Balaban J connectivity index is 1.30. The van der Waals surface area contributed by atoms with Gasteiger partial charge in [-0.05, 0) is 76.3 Å². The number of nitrogens with zero attached hydrogens (tertiary/aromatic N) is 1. The number of anilines is 3. The maximum Gasteiger partial charge on any atom is 0.143 e. The molecule has 0 atom stereocenters. The zero-order valence-corrected chi connectivity index (χ0v) is 24.6. The molecular weight excluding hydrogens is 524 g/mol. The van der Waals surface area contributed by atoms with Gasteiger partial charge in [-0.3, -0.25) is 0 Å². The van der Waals surface area contributed by atoms with Gasteiger partial charge in [0, 0.05) is 38.6 Å². The number of aromatic nitrogens is 1. The van der Waals surface area contributed by atoms with E-state index in [1.807, 2.05) is 0 Å². The monoisotopic (exact) mass is 556 g/mol. The number of rotatable bonds is 5. The lowest BCUT2D eigenvalue weighted by Crippen LogP contribution is -2.17. The molecule has 1 aliphatic rings. The second-order valence-corrected chi connectivity index (χ2v) is 11.9. The number of H-pyrrole nitrogens is 1. The van der Waals surface area contributed by atoms with Crippen molar-refractivity contribution in [2.45, 2.75) is 19.3 Å². The van der Waals surface area contributed by atoms with Crippen molar-refractivity contribution in [2.24, 2.45) is 0 Å². The highest BCUT2D eigenvalue weighted by Crippen LogP contribution is 2.54. The molecule has 0 amide bonds. The van der Waals surface area contributed by atoms with Gasteiger partial charge in [0.05, 0.1) is 18.3 Å². The van der Waals surface area contributed by atoms with Crippen LogP contribution < -0.4 is 9.64 Å². The number of methoxy groups -OCH3 is 1. The summed E-state index contributed by atoms with van der Waals surface area (Å²) >= 11 is 0. The number of hydrogen-bond donors (Lipinski definition) is 1. The van der Waals surface area contributed by atoms with Crippen molar-refractivity contribution in [3.05, 3.63) is 145 Å². The van der Waals surface area contributed by atoms with Crippen molar-refractivity contribution < 1.29 is 4.74 Å². The molecule has 1 N–H and O–H groups in total. The predicted octanol–water partition coefficient (Wildman–Crippen LogP) is 10.8. The topological polar surface area (TPSA) is 28.3 Å². The molecule has 0 bridgehead atoms. The Kier molecular flexibility index (Phi) is 5.70. The van der Waals surface area contributed by atoms with E-state index in [-0.39, 0.29) is 5.41 Å². The van der Waals surface area contributed by atoms with Crippen molar-refractivity contribution in [2.75, 3.05) is 12.0 Å². The second kappa shape index (κ2) is 9.64. The van der Waals surface area contributed by atoms with Crippen LogP contribution in [0.4, 0.5) is 17.1 Å². The molecule has 1 aromatic heterocycles. The van der Waals surface area contributed by atoms with Crippen LogP contribution in [0.2, 0.25) is 0 Å². The Hall–Kier alpha value is -5.28. The Morgan fingerprint density at radius 1 is 0.581 bits per heavy atom. The summed E-state index contributed by atoms with van der Waals surface area (Å²) in [5.74, 6) is 0.849. The Morgan fingerprint density at radius 3 is 1.95 bits per heavy atom. The molecule has 3 heteroatoms. The molecule has 0 fully saturated rings. The summed E-state index contributed by atoms with van der Waals surface area (Å²) in [4.78, 5) is 5.99. The van der Waals surface area contributed by atoms with E-state index in [1.54, 1.807) is 7.11 Å². The lowest BCUT2D eigenvalue weighted by atomic mass is 9.81. The molecule has 0 aliphatic heterocycles. The van der Waals surface area contributed by atoms with Gasteiger partial charge in [-0.2, -0.15) is 0 Å². The van der Waals surface area contributed by atoms with Crippen molar-refractivity contribution in [3.8, 4) is 28.0 Å². The number of hydrogen-bond acceptors (Lipinski definition) is 2. The van der Waals surface area contributed by atoms with E-state index in [0.29, 0.717) is 0 Å². The van der Waals surface area contributed by atoms with Gasteiger partial charge in [0.1, 0.15) is 5.75 Å². The summed E-state index contributed by atoms with van der Waals surface area (Å²) in [6.07, 6.45) is 0. The summed E-state index contributed by atoms with van der Waals surface area (Å²) in [5.41, 5.74) is 12.9. The summed E-state index contributed by atoms with van der Waals surface area (Å²) in [6, 6.07) is 47.7. The molecule has 43 heavy (non-hydrogen) atoms. The van der Waals surface area contributed by atoms with Crippen LogP contribution in [0.25, 0.3) is 44.1 Å². The highest BCUT2D eigenvalue weighted by atomic mass is 16.5. The van der Waals surface area contributed by atoms with Crippen LogP contribution in [0.15, 0.2) is 133 Å². The SMILES string of the molecule is COc1cc2c(cc1N(c1ccccc1)c1ccccc1)C(C)(C)c1cc(-c3cccc4c3[nH]c3ccccc34)ccc1-2. The zero-order valence-electron chi connectivity index (χ0n) is 24.6. The third-order valence-electron chi connectivity index (χ3n) is 9.10. The minimum Gasteiger partial charge on any atom is -0.495 e. The fraction of sp³-hybridized carbons (Fsp3) is 0.100. The fourth-order valence-corrected chi connectivity index (χ4v) is 6.95. The molecule has 0 saturated carbocycles. The second-order valence-electron chi connectivity index (χ2n) is 11.9. The Bertz CT molecular complexity index is 2100. The molecule has 6 aromatic carbocycles. The average molecular weight is 557 g/mol. The highest BCUT2D eigenvalue weighted by molar-refractivity contribution is 6.12. The fourth-order valence-electron chi connectivity index (χ4n) is 6.95. The smallest absolute Gasteiger partial charge is 0.143 e. The Morgan fingerprint density at radius 2 is 1.23 bits per heavy atom. The minimum absolute atomic E-state index is 0.199. The van der Waals surface area contributed by atoms with E-state index < -0.39 is 0 Å². The number of para-hydroxylation sites is 4. The molecule has 0 spiro atoms. The van der Waals surface area contributed by atoms with E-state index in [1.165, 1.54) is 55.2 Å². The zero-order chi connectivity index (χ0) is 29.1. The van der Waals surface area contributed by atoms with Crippen molar-refractivity contribution in [1.29, 1.82) is 0 Å². The number of benzene rings is 6. The van der Waals surface area contributed by atoms with Gasteiger partial charge in [-0.1, -0.05) is 98.8 Å². The summed E-state index contributed by atoms with van der Waals surface area (Å²) in [5, 5.41) is 2.52. The number of nitrogens with one attached hydrogen (secondary N) is 1. The van der Waals surface area contributed by atoms with Gasteiger partial charge >= 0.3 is 0 Å². The van der Waals surface area contributed by atoms with Crippen LogP contribution in [0.1, 0.15) is 25.0 Å². The largest absolute Gasteiger partial charge is 0.495 e. The van der Waals surface area contributed by atoms with Crippen LogP contribution in [-0.4, -0.2) is 12.1 Å². The van der Waals surface area contributed by atoms with Crippen LogP contribution in [-0.2, 0) is 5.41 Å². The van der Waals surface area contributed by atoms with Gasteiger partial charge in [0.25, 0.3) is 0 Å². The third kappa shape index (κ3) is 3.89. The van der Waals surface area contributed by atoms with E-state index >= 15 is 0 Å². The highest BCUT2D eigenvalue weighted by Gasteiger charge is 2.37. The first-order valence-electron chi connectivity index (χ1n) is 14.8. The lowest BCUT2D eigenvalue weighted by Gasteiger charge is -2.29. The van der Waals surface area contributed by atoms with Gasteiger partial charge in [0.2, 0.25) is 0 Å². The van der Waals surface area contributed by atoms with E-state index in [0.717, 1.165) is 22.8 Å². The maximum absolute atomic E-state index is 6.10. The van der Waals surface area contributed by atoms with E-state index in [9.17, 15) is 0 Å². The lowest BCUT2D eigenvalue weighted by molar-refractivity contribution is 0.416. The third-order valence-corrected chi connectivity index (χ3v) is 9.10. The molecule has 7 aromatic rings. The summed E-state index contributed by atoms with van der Waals surface area (Å²) in [7, 11) is 1.77. The first kappa shape index (κ1) is 25.4. The van der Waals surface area contributed by atoms with Crippen LogP contribution in [0.5, 0.6) is 5.75 Å². The first-order chi connectivity index (χ1) is 21.0. The standard InChI is InChI=1S/C40H32N2O/c1-40(2)34-23-26(29-18-12-19-32-31-17-10-11-20-36(31)41-39(29)32)21-22-30(34)33-24-38(43-3)37(25-35(33)40)42(27-13-6-4-7-14-27)28-15-8-5-9-16-28/h4-25,41H,1-3H3. The van der Waals surface area contributed by atoms with E-state index in [4.69, 9.17) is 4.74 Å². The molecule has 1 aliphatic carbocycles. The predicted molar refractivity (Wildman–Crippen MR) is 180 cm³/mol. The molecule has 0 radical (unpaired) electrons. The molecule has 208 valence electrons. The molecular formula is C40H32N2O. The quantitative estimate of drug-likeness (QED) is 0.228. The van der Waals surface area contributed by atoms with Gasteiger partial charge in [-0.15, -0.1) is 0 Å². The van der Waals surface area contributed by atoms with Crippen molar-refractivity contribution in [1.82, 2.24) is 4.98 Å². The van der Waals surface area contributed by atoms with Crippen molar-refractivity contribution >= 4 is 38.9 Å². The van der Waals surface area contributed by atoms with E-state index in [2.05, 4.69) is 157 Å². The first-order valence-corrected chi connectivity index (χ1v) is 14.8. The number of ether oxygens (including phenoxy) is 1. The molecule has 8 rings (SSSR count). The molecule has 0 saturated heterocycles. The van der Waals surface area contributed by atoms with Crippen molar-refractivity contribution in [3.63, 3.8) is 0 Å². The maximum atomic E-state index is 6.10. The molecule has 1 heterocycles.